The predicted octanol–water partition coefficient (Wildman–Crippen LogP) is 2.16. The van der Waals surface area contributed by atoms with E-state index in [0.29, 0.717) is 0 Å². The van der Waals surface area contributed by atoms with Crippen molar-refractivity contribution in [2.75, 3.05) is 19.0 Å². The van der Waals surface area contributed by atoms with Gasteiger partial charge >= 0.3 is 5.97 Å². The molecule has 0 saturated carbocycles. The maximum atomic E-state index is 11.6. The molecule has 0 bridgehead atoms. The molecule has 1 aromatic rings. The van der Waals surface area contributed by atoms with Crippen LogP contribution in [-0.4, -0.2) is 31.6 Å². The van der Waals surface area contributed by atoms with Crippen molar-refractivity contribution in [2.45, 2.75) is 26.8 Å². The second-order valence-electron chi connectivity index (χ2n) is 4.58. The van der Waals surface area contributed by atoms with Crippen LogP contribution in [0.3, 0.4) is 0 Å². The summed E-state index contributed by atoms with van der Waals surface area (Å²) in [7, 11) is 1.30. The van der Waals surface area contributed by atoms with E-state index in [1.54, 1.807) is 0 Å². The lowest BCUT2D eigenvalue weighted by Gasteiger charge is -2.17. The van der Waals surface area contributed by atoms with E-state index in [1.165, 1.54) is 14.0 Å². The lowest BCUT2D eigenvalue weighted by molar-refractivity contribution is -0.144. The number of amides is 1. The quantitative estimate of drug-likeness (QED) is 0.804. The molecule has 0 aliphatic rings. The lowest BCUT2D eigenvalue weighted by Crippen LogP contribution is -2.45. The maximum Gasteiger partial charge on any atom is 0.330 e. The van der Waals surface area contributed by atoms with Crippen molar-refractivity contribution >= 4 is 33.5 Å². The summed E-state index contributed by atoms with van der Waals surface area (Å²) in [6.07, 6.45) is 0. The van der Waals surface area contributed by atoms with Crippen molar-refractivity contribution in [1.82, 2.24) is 5.32 Å². The van der Waals surface area contributed by atoms with Gasteiger partial charge in [0.2, 0.25) is 5.91 Å². The van der Waals surface area contributed by atoms with Crippen LogP contribution in [0.25, 0.3) is 0 Å². The number of benzene rings is 1. The van der Waals surface area contributed by atoms with Crippen molar-refractivity contribution in [1.29, 1.82) is 0 Å². The van der Waals surface area contributed by atoms with Crippen molar-refractivity contribution in [3.05, 3.63) is 27.7 Å². The Morgan fingerprint density at radius 2 is 1.85 bits per heavy atom. The van der Waals surface area contributed by atoms with Gasteiger partial charge in [0.1, 0.15) is 6.04 Å². The van der Waals surface area contributed by atoms with Crippen LogP contribution in [0, 0.1) is 13.8 Å². The number of hydrogen-bond acceptors (Lipinski definition) is 4. The van der Waals surface area contributed by atoms with Crippen LogP contribution in [0.4, 0.5) is 5.69 Å². The molecule has 110 valence electrons. The summed E-state index contributed by atoms with van der Waals surface area (Å²) in [5, 5.41) is 5.69. The van der Waals surface area contributed by atoms with Crippen LogP contribution in [0.15, 0.2) is 16.6 Å². The average molecular weight is 343 g/mol. The van der Waals surface area contributed by atoms with Gasteiger partial charge in [-0.2, -0.15) is 0 Å². The first-order valence-corrected chi connectivity index (χ1v) is 7.00. The largest absolute Gasteiger partial charge is 0.467 e. The number of carbonyl (C=O) groups excluding carboxylic acids is 2. The molecule has 20 heavy (non-hydrogen) atoms. The molecule has 1 rings (SSSR count). The van der Waals surface area contributed by atoms with E-state index >= 15 is 0 Å². The van der Waals surface area contributed by atoms with Gasteiger partial charge in [-0.25, -0.2) is 4.79 Å². The Kier molecular flexibility index (Phi) is 6.01. The van der Waals surface area contributed by atoms with Crippen LogP contribution < -0.4 is 10.6 Å². The van der Waals surface area contributed by atoms with E-state index in [2.05, 4.69) is 31.3 Å². The van der Waals surface area contributed by atoms with Crippen molar-refractivity contribution in [3.63, 3.8) is 0 Å². The molecule has 0 radical (unpaired) electrons. The fraction of sp³-hybridized carbons (Fsp3) is 0.429. The molecule has 5 nitrogen and oxygen atoms in total. The molecule has 0 heterocycles. The Morgan fingerprint density at radius 3 is 2.30 bits per heavy atom. The molecule has 0 spiro atoms. The maximum absolute atomic E-state index is 11.6. The monoisotopic (exact) mass is 342 g/mol. The fourth-order valence-electron chi connectivity index (χ4n) is 1.85. The van der Waals surface area contributed by atoms with Gasteiger partial charge < -0.3 is 15.4 Å². The Labute approximate surface area is 127 Å². The summed E-state index contributed by atoms with van der Waals surface area (Å²) >= 11 is 3.50. The van der Waals surface area contributed by atoms with Crippen molar-refractivity contribution in [2.24, 2.45) is 0 Å². The van der Waals surface area contributed by atoms with Crippen LogP contribution in [0.2, 0.25) is 0 Å². The Hall–Kier alpha value is -1.56. The van der Waals surface area contributed by atoms with Crippen LogP contribution >= 0.6 is 15.9 Å². The van der Waals surface area contributed by atoms with Gasteiger partial charge in [-0.3, -0.25) is 4.79 Å². The number of halogens is 1. The molecule has 6 heteroatoms. The highest BCUT2D eigenvalue weighted by Crippen LogP contribution is 2.24. The molecule has 0 saturated heterocycles. The summed E-state index contributed by atoms with van der Waals surface area (Å²) < 4.78 is 5.73. The van der Waals surface area contributed by atoms with Crippen molar-refractivity contribution in [3.8, 4) is 0 Å². The summed E-state index contributed by atoms with van der Waals surface area (Å²) in [6.45, 7) is 5.62. The number of ether oxygens (including phenoxy) is 1. The highest BCUT2D eigenvalue weighted by Gasteiger charge is 2.19. The number of aryl methyl sites for hydroxylation is 2. The predicted molar refractivity (Wildman–Crippen MR) is 81.7 cm³/mol. The molecule has 1 unspecified atom stereocenters. The first kappa shape index (κ1) is 16.5. The van der Waals surface area contributed by atoms with Crippen LogP contribution in [0.5, 0.6) is 0 Å². The number of hydrogen-bond donors (Lipinski definition) is 2. The van der Waals surface area contributed by atoms with E-state index in [0.717, 1.165) is 21.3 Å². The molecule has 0 aliphatic heterocycles. The third kappa shape index (κ3) is 4.52. The molecular formula is C14H19BrN2O3. The topological polar surface area (TPSA) is 67.4 Å². The van der Waals surface area contributed by atoms with Gasteiger partial charge in [-0.05, 0) is 37.1 Å². The minimum Gasteiger partial charge on any atom is -0.467 e. The summed E-state index contributed by atoms with van der Waals surface area (Å²) in [4.78, 5) is 22.7. The zero-order valence-corrected chi connectivity index (χ0v) is 13.6. The number of carbonyl (C=O) groups is 2. The molecule has 2 N–H and O–H groups in total. The van der Waals surface area contributed by atoms with Crippen LogP contribution in [-0.2, 0) is 14.3 Å². The molecular weight excluding hydrogens is 324 g/mol. The Bertz CT molecular complexity index is 494. The molecule has 0 fully saturated rings. The number of rotatable bonds is 5. The number of nitrogens with one attached hydrogen (secondary N) is 2. The number of esters is 1. The van der Waals surface area contributed by atoms with E-state index in [1.807, 2.05) is 26.0 Å². The second kappa shape index (κ2) is 7.28. The molecule has 1 amide bonds. The normalized spacial score (nSPS) is 11.7. The second-order valence-corrected chi connectivity index (χ2v) is 5.37. The number of anilines is 1. The highest BCUT2D eigenvalue weighted by molar-refractivity contribution is 9.10. The van der Waals surface area contributed by atoms with E-state index in [4.69, 9.17) is 0 Å². The van der Waals surface area contributed by atoms with Gasteiger partial charge in [-0.1, -0.05) is 15.9 Å². The Morgan fingerprint density at radius 1 is 1.30 bits per heavy atom. The van der Waals surface area contributed by atoms with E-state index in [-0.39, 0.29) is 12.5 Å². The van der Waals surface area contributed by atoms with Crippen LogP contribution in [0.1, 0.15) is 18.1 Å². The molecule has 0 aliphatic carbocycles. The summed E-state index contributed by atoms with van der Waals surface area (Å²) in [5.74, 6) is -0.747. The standard InChI is InChI=1S/C14H19BrN2O3/c1-8-5-11(6-9(2)13(8)15)16-7-12(14(19)20-4)17-10(3)18/h5-6,12,16H,7H2,1-4H3,(H,17,18). The Balaban J connectivity index is 2.77. The zero-order valence-electron chi connectivity index (χ0n) is 12.0. The fourth-order valence-corrected chi connectivity index (χ4v) is 2.08. The van der Waals surface area contributed by atoms with E-state index in [9.17, 15) is 9.59 Å². The third-order valence-electron chi connectivity index (χ3n) is 2.81. The first-order chi connectivity index (χ1) is 9.35. The minimum atomic E-state index is -0.707. The molecule has 1 aromatic carbocycles. The SMILES string of the molecule is COC(=O)C(CNc1cc(C)c(Br)c(C)c1)NC(C)=O. The highest BCUT2D eigenvalue weighted by atomic mass is 79.9. The molecule has 1 atom stereocenters. The van der Waals surface area contributed by atoms with Gasteiger partial charge in [0, 0.05) is 23.6 Å². The van der Waals surface area contributed by atoms with Gasteiger partial charge in [0.25, 0.3) is 0 Å². The lowest BCUT2D eigenvalue weighted by atomic mass is 10.1. The minimum absolute atomic E-state index is 0.271. The number of methoxy groups -OCH3 is 1. The van der Waals surface area contributed by atoms with Gasteiger partial charge in [-0.15, -0.1) is 0 Å². The zero-order chi connectivity index (χ0) is 15.3. The van der Waals surface area contributed by atoms with Crippen molar-refractivity contribution < 1.29 is 14.3 Å². The van der Waals surface area contributed by atoms with Gasteiger partial charge in [0.05, 0.1) is 7.11 Å². The first-order valence-electron chi connectivity index (χ1n) is 6.20. The summed E-state index contributed by atoms with van der Waals surface area (Å²) in [5.41, 5.74) is 3.09. The molecule has 0 aromatic heterocycles. The average Bonchev–Trinajstić information content (AvgIpc) is 2.39. The van der Waals surface area contributed by atoms with Gasteiger partial charge in [0.15, 0.2) is 0 Å². The van der Waals surface area contributed by atoms with E-state index < -0.39 is 12.0 Å². The third-order valence-corrected chi connectivity index (χ3v) is 4.06. The summed E-state index contributed by atoms with van der Waals surface area (Å²) in [6, 6.07) is 3.24. The smallest absolute Gasteiger partial charge is 0.330 e.